The van der Waals surface area contributed by atoms with E-state index in [0.29, 0.717) is 5.92 Å². The molecule has 1 aliphatic rings. The van der Waals surface area contributed by atoms with Crippen LogP contribution in [0.15, 0.2) is 23.4 Å². The van der Waals surface area contributed by atoms with Crippen molar-refractivity contribution in [2.24, 2.45) is 13.0 Å². The maximum Gasteiger partial charge on any atom is 0.256 e. The van der Waals surface area contributed by atoms with Crippen molar-refractivity contribution in [3.8, 4) is 0 Å². The van der Waals surface area contributed by atoms with Gasteiger partial charge in [0.05, 0.1) is 6.33 Å². The van der Waals surface area contributed by atoms with Gasteiger partial charge < -0.3 is 4.90 Å². The molecule has 3 rings (SSSR count). The van der Waals surface area contributed by atoms with Crippen molar-refractivity contribution in [3.63, 3.8) is 0 Å². The minimum absolute atomic E-state index is 0.112. The molecule has 1 fully saturated rings. The molecular formula is C18H27N5O. The first kappa shape index (κ1) is 16.9. The van der Waals surface area contributed by atoms with Crippen molar-refractivity contribution in [1.82, 2.24) is 24.2 Å². The minimum Gasteiger partial charge on any atom is -0.303 e. The highest BCUT2D eigenvalue weighted by Gasteiger charge is 2.20. The fraction of sp³-hybridized carbons (Fsp3) is 0.611. The highest BCUT2D eigenvalue weighted by atomic mass is 16.1. The van der Waals surface area contributed by atoms with Gasteiger partial charge >= 0.3 is 0 Å². The average Bonchev–Trinajstić information content (AvgIpc) is 3.00. The number of hydrogen-bond donors (Lipinski definition) is 0. The maximum atomic E-state index is 12.3. The van der Waals surface area contributed by atoms with Gasteiger partial charge in [0.15, 0.2) is 0 Å². The van der Waals surface area contributed by atoms with Crippen molar-refractivity contribution in [2.75, 3.05) is 19.6 Å². The summed E-state index contributed by atoms with van der Waals surface area (Å²) in [4.78, 5) is 19.1. The smallest absolute Gasteiger partial charge is 0.256 e. The molecule has 0 unspecified atom stereocenters. The lowest BCUT2D eigenvalue weighted by atomic mass is 9.96. The molecule has 1 aliphatic heterocycles. The highest BCUT2D eigenvalue weighted by molar-refractivity contribution is 5.12. The van der Waals surface area contributed by atoms with Crippen LogP contribution < -0.4 is 5.56 Å². The Hall–Kier alpha value is -1.95. The number of aryl methyl sites for hydroxylation is 2. The molecule has 24 heavy (non-hydrogen) atoms. The SMILES string of the molecule is Cc1ncn(CC2CCN(CCc3ccnn3C)CC2)c(=O)c1C. The average molecular weight is 329 g/mol. The quantitative estimate of drug-likeness (QED) is 0.835. The topological polar surface area (TPSA) is 56.0 Å². The molecule has 2 aromatic rings. The van der Waals surface area contributed by atoms with E-state index in [-0.39, 0.29) is 5.56 Å². The Morgan fingerprint density at radius 1 is 1.25 bits per heavy atom. The summed E-state index contributed by atoms with van der Waals surface area (Å²) in [5.41, 5.74) is 3.00. The molecule has 0 radical (unpaired) electrons. The number of nitrogens with zero attached hydrogens (tertiary/aromatic N) is 5. The summed E-state index contributed by atoms with van der Waals surface area (Å²) in [6, 6.07) is 2.09. The van der Waals surface area contributed by atoms with E-state index in [1.54, 1.807) is 10.9 Å². The van der Waals surface area contributed by atoms with Crippen LogP contribution in [0.3, 0.4) is 0 Å². The van der Waals surface area contributed by atoms with E-state index in [1.165, 1.54) is 5.69 Å². The molecule has 0 aliphatic carbocycles. The molecule has 6 heteroatoms. The van der Waals surface area contributed by atoms with Crippen molar-refractivity contribution >= 4 is 0 Å². The van der Waals surface area contributed by atoms with Gasteiger partial charge in [0.25, 0.3) is 5.56 Å². The van der Waals surface area contributed by atoms with Gasteiger partial charge in [-0.05, 0) is 51.8 Å². The third kappa shape index (κ3) is 3.75. The lowest BCUT2D eigenvalue weighted by Gasteiger charge is -2.32. The van der Waals surface area contributed by atoms with Gasteiger partial charge in [-0.2, -0.15) is 5.10 Å². The lowest BCUT2D eigenvalue weighted by molar-refractivity contribution is 0.173. The Balaban J connectivity index is 1.50. The number of rotatable bonds is 5. The molecule has 1 saturated heterocycles. The monoisotopic (exact) mass is 329 g/mol. The molecule has 0 bridgehead atoms. The van der Waals surface area contributed by atoms with E-state index in [2.05, 4.69) is 21.0 Å². The summed E-state index contributed by atoms with van der Waals surface area (Å²) in [6.07, 6.45) is 6.90. The third-order valence-electron chi connectivity index (χ3n) is 5.28. The van der Waals surface area contributed by atoms with Crippen LogP contribution in [0.25, 0.3) is 0 Å². The summed E-state index contributed by atoms with van der Waals surface area (Å²) in [6.45, 7) is 7.84. The molecule has 0 aromatic carbocycles. The summed E-state index contributed by atoms with van der Waals surface area (Å²) in [7, 11) is 2.00. The van der Waals surface area contributed by atoms with E-state index < -0.39 is 0 Å². The van der Waals surface area contributed by atoms with E-state index >= 15 is 0 Å². The standard InChI is InChI=1S/C18H27N5O/c1-14-15(2)19-13-23(18(14)24)12-16-5-9-22(10-6-16)11-7-17-4-8-20-21(17)3/h4,8,13,16H,5-7,9-12H2,1-3H3. The van der Waals surface area contributed by atoms with Crippen LogP contribution >= 0.6 is 0 Å². The van der Waals surface area contributed by atoms with Crippen LogP contribution in [-0.4, -0.2) is 43.9 Å². The number of piperidine rings is 1. The number of hydrogen-bond acceptors (Lipinski definition) is 4. The van der Waals surface area contributed by atoms with Gasteiger partial charge in [-0.25, -0.2) is 4.98 Å². The molecule has 0 amide bonds. The van der Waals surface area contributed by atoms with Crippen LogP contribution in [0.1, 0.15) is 29.8 Å². The van der Waals surface area contributed by atoms with E-state index in [0.717, 1.165) is 56.7 Å². The summed E-state index contributed by atoms with van der Waals surface area (Å²) in [5, 5.41) is 4.22. The fourth-order valence-electron chi connectivity index (χ4n) is 3.40. The molecule has 6 nitrogen and oxygen atoms in total. The molecule has 2 aromatic heterocycles. The van der Waals surface area contributed by atoms with Crippen LogP contribution in [0.5, 0.6) is 0 Å². The first-order valence-electron chi connectivity index (χ1n) is 8.76. The summed E-state index contributed by atoms with van der Waals surface area (Å²) < 4.78 is 3.74. The molecule has 0 saturated carbocycles. The second kappa shape index (κ2) is 7.30. The van der Waals surface area contributed by atoms with Gasteiger partial charge in [0.1, 0.15) is 0 Å². The summed E-state index contributed by atoms with van der Waals surface area (Å²) in [5.74, 6) is 0.569. The van der Waals surface area contributed by atoms with Gasteiger partial charge in [-0.3, -0.25) is 14.0 Å². The van der Waals surface area contributed by atoms with E-state index in [9.17, 15) is 4.79 Å². The first-order chi connectivity index (χ1) is 11.5. The van der Waals surface area contributed by atoms with Gasteiger partial charge in [-0.15, -0.1) is 0 Å². The Kier molecular flexibility index (Phi) is 5.14. The zero-order chi connectivity index (χ0) is 17.1. The van der Waals surface area contributed by atoms with Crippen molar-refractivity contribution < 1.29 is 0 Å². The Morgan fingerprint density at radius 3 is 2.67 bits per heavy atom. The van der Waals surface area contributed by atoms with Crippen LogP contribution in [0.4, 0.5) is 0 Å². The minimum atomic E-state index is 0.112. The zero-order valence-corrected chi connectivity index (χ0v) is 14.9. The van der Waals surface area contributed by atoms with Crippen LogP contribution in [0, 0.1) is 19.8 Å². The van der Waals surface area contributed by atoms with Gasteiger partial charge in [0.2, 0.25) is 0 Å². The predicted octanol–water partition coefficient (Wildman–Crippen LogP) is 1.55. The predicted molar refractivity (Wildman–Crippen MR) is 94.0 cm³/mol. The second-order valence-corrected chi connectivity index (χ2v) is 6.89. The third-order valence-corrected chi connectivity index (χ3v) is 5.28. The molecular weight excluding hydrogens is 302 g/mol. The van der Waals surface area contributed by atoms with Crippen molar-refractivity contribution in [2.45, 2.75) is 39.7 Å². The van der Waals surface area contributed by atoms with E-state index in [1.807, 2.05) is 31.8 Å². The van der Waals surface area contributed by atoms with Crippen molar-refractivity contribution in [3.05, 3.63) is 45.9 Å². The Bertz CT molecular complexity index is 740. The molecule has 130 valence electrons. The van der Waals surface area contributed by atoms with Crippen LogP contribution in [-0.2, 0) is 20.0 Å². The fourth-order valence-corrected chi connectivity index (χ4v) is 3.40. The zero-order valence-electron chi connectivity index (χ0n) is 14.9. The van der Waals surface area contributed by atoms with Gasteiger partial charge in [0, 0.05) is 49.7 Å². The highest BCUT2D eigenvalue weighted by Crippen LogP contribution is 2.19. The Labute approximate surface area is 143 Å². The van der Waals surface area contributed by atoms with Crippen molar-refractivity contribution in [1.29, 1.82) is 0 Å². The second-order valence-electron chi connectivity index (χ2n) is 6.89. The molecule has 3 heterocycles. The normalized spacial score (nSPS) is 16.6. The van der Waals surface area contributed by atoms with E-state index in [4.69, 9.17) is 0 Å². The molecule has 0 spiro atoms. The Morgan fingerprint density at radius 2 is 2.00 bits per heavy atom. The summed E-state index contributed by atoms with van der Waals surface area (Å²) >= 11 is 0. The van der Waals surface area contributed by atoms with Gasteiger partial charge in [-0.1, -0.05) is 0 Å². The maximum absolute atomic E-state index is 12.3. The van der Waals surface area contributed by atoms with Crippen LogP contribution in [0.2, 0.25) is 0 Å². The molecule has 0 N–H and O–H groups in total. The number of aromatic nitrogens is 4. The molecule has 0 atom stereocenters. The lowest BCUT2D eigenvalue weighted by Crippen LogP contribution is -2.37. The number of likely N-dealkylation sites (tertiary alicyclic amines) is 1. The largest absolute Gasteiger partial charge is 0.303 e. The first-order valence-corrected chi connectivity index (χ1v) is 8.76.